The van der Waals surface area contributed by atoms with Crippen LogP contribution >= 0.6 is 0 Å². The summed E-state index contributed by atoms with van der Waals surface area (Å²) in [5.41, 5.74) is 0.889. The lowest BCUT2D eigenvalue weighted by Crippen LogP contribution is -2.34. The van der Waals surface area contributed by atoms with Crippen molar-refractivity contribution in [2.45, 2.75) is 26.7 Å². The third-order valence-electron chi connectivity index (χ3n) is 3.70. The van der Waals surface area contributed by atoms with Crippen molar-refractivity contribution in [3.05, 3.63) is 24.3 Å². The average Bonchev–Trinajstić information content (AvgIpc) is 2.93. The van der Waals surface area contributed by atoms with E-state index in [2.05, 4.69) is 0 Å². The highest BCUT2D eigenvalue weighted by atomic mass is 16.5. The zero-order valence-electron chi connectivity index (χ0n) is 12.7. The molecule has 1 aromatic rings. The molecule has 0 unspecified atom stereocenters. The first-order valence-electron chi connectivity index (χ1n) is 7.46. The second-order valence-corrected chi connectivity index (χ2v) is 5.00. The molecule has 0 N–H and O–H groups in total. The first-order valence-corrected chi connectivity index (χ1v) is 7.46. The maximum absolute atomic E-state index is 11.8. The van der Waals surface area contributed by atoms with Crippen molar-refractivity contribution in [2.75, 3.05) is 31.1 Å². The number of likely N-dealkylation sites (N-methyl/N-ethyl adjacent to an activating group) is 1. The van der Waals surface area contributed by atoms with Crippen LogP contribution in [0.2, 0.25) is 0 Å². The van der Waals surface area contributed by atoms with Gasteiger partial charge in [0.25, 0.3) is 5.91 Å². The Morgan fingerprint density at radius 3 is 2.43 bits per heavy atom. The summed E-state index contributed by atoms with van der Waals surface area (Å²) in [5, 5.41) is 0. The molecule has 5 heteroatoms. The Kier molecular flexibility index (Phi) is 5.20. The van der Waals surface area contributed by atoms with Crippen molar-refractivity contribution >= 4 is 17.5 Å². The highest BCUT2D eigenvalue weighted by molar-refractivity contribution is 5.95. The summed E-state index contributed by atoms with van der Waals surface area (Å²) in [4.78, 5) is 27.0. The molecule has 5 nitrogen and oxygen atoms in total. The highest BCUT2D eigenvalue weighted by Gasteiger charge is 2.21. The van der Waals surface area contributed by atoms with Crippen molar-refractivity contribution in [2.24, 2.45) is 0 Å². The molecule has 0 saturated carbocycles. The predicted octanol–water partition coefficient (Wildman–Crippen LogP) is 2.06. The number of anilines is 1. The fourth-order valence-electron chi connectivity index (χ4n) is 2.46. The van der Waals surface area contributed by atoms with E-state index in [0.29, 0.717) is 25.3 Å². The van der Waals surface area contributed by atoms with Gasteiger partial charge in [-0.15, -0.1) is 0 Å². The second-order valence-electron chi connectivity index (χ2n) is 5.00. The summed E-state index contributed by atoms with van der Waals surface area (Å²) in [6.07, 6.45) is 1.53. The van der Waals surface area contributed by atoms with Crippen LogP contribution in [0.1, 0.15) is 26.7 Å². The van der Waals surface area contributed by atoms with E-state index >= 15 is 0 Å². The zero-order valence-corrected chi connectivity index (χ0v) is 12.7. The molecule has 1 aliphatic rings. The number of hydrogen-bond acceptors (Lipinski definition) is 3. The Labute approximate surface area is 125 Å². The monoisotopic (exact) mass is 290 g/mol. The molecular formula is C16H22N2O3. The number of carbonyl (C=O) groups excluding carboxylic acids is 2. The molecular weight excluding hydrogens is 268 g/mol. The molecule has 0 radical (unpaired) electrons. The second kappa shape index (κ2) is 7.11. The molecule has 1 heterocycles. The highest BCUT2D eigenvalue weighted by Crippen LogP contribution is 2.23. The van der Waals surface area contributed by atoms with Crippen molar-refractivity contribution in [3.63, 3.8) is 0 Å². The Morgan fingerprint density at radius 2 is 1.90 bits per heavy atom. The summed E-state index contributed by atoms with van der Waals surface area (Å²) in [6, 6.07) is 7.33. The summed E-state index contributed by atoms with van der Waals surface area (Å²) in [6.45, 7) is 6.10. The van der Waals surface area contributed by atoms with Crippen LogP contribution < -0.4 is 9.64 Å². The van der Waals surface area contributed by atoms with Crippen molar-refractivity contribution in [3.8, 4) is 5.75 Å². The van der Waals surface area contributed by atoms with Gasteiger partial charge in [0.1, 0.15) is 5.75 Å². The van der Waals surface area contributed by atoms with Gasteiger partial charge in [-0.2, -0.15) is 0 Å². The SMILES string of the molecule is CCN(CC)C(=O)COc1ccc(N2CCCC2=O)cc1. The van der Waals surface area contributed by atoms with E-state index < -0.39 is 0 Å². The van der Waals surface area contributed by atoms with Gasteiger partial charge in [-0.05, 0) is 44.5 Å². The van der Waals surface area contributed by atoms with Gasteiger partial charge in [0.05, 0.1) is 0 Å². The molecule has 0 spiro atoms. The molecule has 0 bridgehead atoms. The lowest BCUT2D eigenvalue weighted by molar-refractivity contribution is -0.133. The van der Waals surface area contributed by atoms with Gasteiger partial charge in [0.15, 0.2) is 6.61 Å². The average molecular weight is 290 g/mol. The molecule has 2 amide bonds. The molecule has 0 aliphatic carbocycles. The van der Waals surface area contributed by atoms with E-state index in [1.54, 1.807) is 21.9 Å². The Bertz CT molecular complexity index is 495. The van der Waals surface area contributed by atoms with Crippen LogP contribution in [0.25, 0.3) is 0 Å². The fourth-order valence-corrected chi connectivity index (χ4v) is 2.46. The summed E-state index contributed by atoms with van der Waals surface area (Å²) < 4.78 is 5.50. The van der Waals surface area contributed by atoms with E-state index in [9.17, 15) is 9.59 Å². The first kappa shape index (κ1) is 15.4. The van der Waals surface area contributed by atoms with Gasteiger partial charge >= 0.3 is 0 Å². The smallest absolute Gasteiger partial charge is 0.260 e. The molecule has 1 fully saturated rings. The molecule has 21 heavy (non-hydrogen) atoms. The van der Waals surface area contributed by atoms with Gasteiger partial charge in [0.2, 0.25) is 5.91 Å². The molecule has 1 aliphatic heterocycles. The topological polar surface area (TPSA) is 49.9 Å². The quantitative estimate of drug-likeness (QED) is 0.806. The Hall–Kier alpha value is -2.04. The van der Waals surface area contributed by atoms with Gasteiger partial charge in [0, 0.05) is 31.7 Å². The number of carbonyl (C=O) groups is 2. The van der Waals surface area contributed by atoms with Crippen LogP contribution in [0.3, 0.4) is 0 Å². The number of nitrogens with zero attached hydrogens (tertiary/aromatic N) is 2. The van der Waals surface area contributed by atoms with Crippen LogP contribution in [0, 0.1) is 0 Å². The molecule has 114 valence electrons. The van der Waals surface area contributed by atoms with Crippen molar-refractivity contribution in [1.29, 1.82) is 0 Å². The number of ether oxygens (including phenoxy) is 1. The summed E-state index contributed by atoms with van der Waals surface area (Å²) in [7, 11) is 0. The number of amides is 2. The summed E-state index contributed by atoms with van der Waals surface area (Å²) in [5.74, 6) is 0.796. The van der Waals surface area contributed by atoms with Crippen LogP contribution in [0.4, 0.5) is 5.69 Å². The maximum Gasteiger partial charge on any atom is 0.260 e. The van der Waals surface area contributed by atoms with Crippen LogP contribution in [0.15, 0.2) is 24.3 Å². The molecule has 2 rings (SSSR count). The van der Waals surface area contributed by atoms with Crippen molar-refractivity contribution < 1.29 is 14.3 Å². The van der Waals surface area contributed by atoms with Crippen molar-refractivity contribution in [1.82, 2.24) is 4.90 Å². The molecule has 0 aromatic heterocycles. The van der Waals surface area contributed by atoms with Crippen LogP contribution in [-0.4, -0.2) is 43.0 Å². The molecule has 1 saturated heterocycles. The van der Waals surface area contributed by atoms with Crippen LogP contribution in [-0.2, 0) is 9.59 Å². The first-order chi connectivity index (χ1) is 10.2. The Balaban J connectivity index is 1.91. The van der Waals surface area contributed by atoms with E-state index in [1.807, 2.05) is 26.0 Å². The lowest BCUT2D eigenvalue weighted by Gasteiger charge is -2.19. The number of benzene rings is 1. The van der Waals surface area contributed by atoms with E-state index in [-0.39, 0.29) is 18.4 Å². The van der Waals surface area contributed by atoms with E-state index in [1.165, 1.54) is 0 Å². The number of rotatable bonds is 6. The maximum atomic E-state index is 11.8. The van der Waals surface area contributed by atoms with E-state index in [4.69, 9.17) is 4.74 Å². The normalized spacial score (nSPS) is 14.4. The molecule has 0 atom stereocenters. The largest absolute Gasteiger partial charge is 0.484 e. The minimum Gasteiger partial charge on any atom is -0.484 e. The minimum atomic E-state index is -0.0150. The predicted molar refractivity (Wildman–Crippen MR) is 81.5 cm³/mol. The third-order valence-corrected chi connectivity index (χ3v) is 3.70. The lowest BCUT2D eigenvalue weighted by atomic mass is 10.3. The van der Waals surface area contributed by atoms with Gasteiger partial charge in [-0.25, -0.2) is 0 Å². The minimum absolute atomic E-state index is 0.0150. The zero-order chi connectivity index (χ0) is 15.2. The molecule has 1 aromatic carbocycles. The van der Waals surface area contributed by atoms with E-state index in [0.717, 1.165) is 18.7 Å². The summed E-state index contributed by atoms with van der Waals surface area (Å²) >= 11 is 0. The van der Waals surface area contributed by atoms with Gasteiger partial charge < -0.3 is 14.5 Å². The fraction of sp³-hybridized carbons (Fsp3) is 0.500. The number of hydrogen-bond donors (Lipinski definition) is 0. The Morgan fingerprint density at radius 1 is 1.24 bits per heavy atom. The van der Waals surface area contributed by atoms with Crippen LogP contribution in [0.5, 0.6) is 5.75 Å². The third kappa shape index (κ3) is 3.74. The standard InChI is InChI=1S/C16H22N2O3/c1-3-17(4-2)16(20)12-21-14-9-7-13(8-10-14)18-11-5-6-15(18)19/h7-10H,3-6,11-12H2,1-2H3. The van der Waals surface area contributed by atoms with Gasteiger partial charge in [-0.1, -0.05) is 0 Å². The van der Waals surface area contributed by atoms with Gasteiger partial charge in [-0.3, -0.25) is 9.59 Å².